The Labute approximate surface area is 172 Å². The van der Waals surface area contributed by atoms with Crippen molar-refractivity contribution in [1.82, 2.24) is 10.6 Å². The third-order valence-electron chi connectivity index (χ3n) is 7.92. The maximum Gasteiger partial charge on any atom is 0.223 e. The van der Waals surface area contributed by atoms with Crippen LogP contribution >= 0.6 is 0 Å². The van der Waals surface area contributed by atoms with E-state index >= 15 is 0 Å². The Balaban J connectivity index is 1.38. The van der Waals surface area contributed by atoms with Crippen LogP contribution in [-0.2, 0) is 9.59 Å². The second kappa shape index (κ2) is 10.6. The average molecular weight is 391 g/mol. The molecule has 0 aromatic rings. The molecule has 4 heteroatoms. The van der Waals surface area contributed by atoms with Crippen LogP contribution in [0.4, 0.5) is 0 Å². The van der Waals surface area contributed by atoms with Crippen LogP contribution in [0.5, 0.6) is 0 Å². The molecule has 0 radical (unpaired) electrons. The van der Waals surface area contributed by atoms with Gasteiger partial charge in [-0.25, -0.2) is 0 Å². The zero-order valence-electron chi connectivity index (χ0n) is 18.2. The van der Waals surface area contributed by atoms with Crippen molar-refractivity contribution in [3.63, 3.8) is 0 Å². The van der Waals surface area contributed by atoms with Gasteiger partial charge in [-0.3, -0.25) is 9.59 Å². The Kier molecular flexibility index (Phi) is 8.23. The van der Waals surface area contributed by atoms with Crippen LogP contribution in [0.25, 0.3) is 0 Å². The topological polar surface area (TPSA) is 58.2 Å². The number of carbonyl (C=O) groups excluding carboxylic acids is 2. The summed E-state index contributed by atoms with van der Waals surface area (Å²) in [6.07, 6.45) is 16.4. The van der Waals surface area contributed by atoms with Gasteiger partial charge in [-0.05, 0) is 77.0 Å². The fourth-order valence-corrected chi connectivity index (χ4v) is 5.81. The molecule has 3 aliphatic carbocycles. The number of rotatable bonds is 6. The van der Waals surface area contributed by atoms with Gasteiger partial charge in [-0.1, -0.05) is 38.5 Å². The van der Waals surface area contributed by atoms with Gasteiger partial charge in [0.2, 0.25) is 11.8 Å². The quantitative estimate of drug-likeness (QED) is 0.673. The third-order valence-corrected chi connectivity index (χ3v) is 7.92. The van der Waals surface area contributed by atoms with Crippen LogP contribution in [0.15, 0.2) is 0 Å². The molecular formula is C24H42N2O2. The predicted octanol–water partition coefficient (Wildman–Crippen LogP) is 4.96. The normalized spacial score (nSPS) is 29.6. The van der Waals surface area contributed by atoms with Gasteiger partial charge >= 0.3 is 0 Å². The zero-order valence-corrected chi connectivity index (χ0v) is 18.2. The van der Waals surface area contributed by atoms with E-state index in [2.05, 4.69) is 24.5 Å². The highest BCUT2D eigenvalue weighted by Gasteiger charge is 2.32. The van der Waals surface area contributed by atoms with Crippen LogP contribution in [0.2, 0.25) is 0 Å². The van der Waals surface area contributed by atoms with Gasteiger partial charge in [0.25, 0.3) is 0 Å². The summed E-state index contributed by atoms with van der Waals surface area (Å²) in [6, 6.07) is 0.593. The molecule has 28 heavy (non-hydrogen) atoms. The third kappa shape index (κ3) is 5.97. The van der Waals surface area contributed by atoms with E-state index in [4.69, 9.17) is 0 Å². The van der Waals surface area contributed by atoms with Crippen molar-refractivity contribution >= 4 is 11.8 Å². The lowest BCUT2D eigenvalue weighted by Crippen LogP contribution is -2.45. The molecule has 0 aromatic heterocycles. The summed E-state index contributed by atoms with van der Waals surface area (Å²) in [4.78, 5) is 25.4. The minimum absolute atomic E-state index is 0.103. The van der Waals surface area contributed by atoms with Crippen molar-refractivity contribution in [2.45, 2.75) is 116 Å². The van der Waals surface area contributed by atoms with E-state index in [0.29, 0.717) is 23.9 Å². The van der Waals surface area contributed by atoms with E-state index in [1.54, 1.807) is 0 Å². The lowest BCUT2D eigenvalue weighted by molar-refractivity contribution is -0.131. The van der Waals surface area contributed by atoms with E-state index < -0.39 is 0 Å². The van der Waals surface area contributed by atoms with Gasteiger partial charge < -0.3 is 10.6 Å². The SMILES string of the molecule is C[C@H](NC(=O)C1CCC(C(=O)N[C@@H](C)C2CCCCC2)CC1)C1CCCCC1. The first kappa shape index (κ1) is 21.6. The number of carbonyl (C=O) groups is 2. The van der Waals surface area contributed by atoms with Gasteiger partial charge in [0.05, 0.1) is 0 Å². The molecule has 160 valence electrons. The van der Waals surface area contributed by atoms with E-state index in [-0.39, 0.29) is 23.7 Å². The molecule has 2 atom stereocenters. The Morgan fingerprint density at radius 3 is 1.21 bits per heavy atom. The van der Waals surface area contributed by atoms with Crippen LogP contribution in [-0.4, -0.2) is 23.9 Å². The second-order valence-corrected chi connectivity index (χ2v) is 9.94. The molecule has 0 spiro atoms. The molecule has 3 saturated carbocycles. The smallest absolute Gasteiger partial charge is 0.223 e. The predicted molar refractivity (Wildman–Crippen MR) is 114 cm³/mol. The van der Waals surface area contributed by atoms with Gasteiger partial charge in [0.15, 0.2) is 0 Å². The Morgan fingerprint density at radius 2 is 0.893 bits per heavy atom. The summed E-state index contributed by atoms with van der Waals surface area (Å²) in [5.41, 5.74) is 0. The van der Waals surface area contributed by atoms with E-state index in [1.165, 1.54) is 64.2 Å². The fourth-order valence-electron chi connectivity index (χ4n) is 5.81. The van der Waals surface area contributed by atoms with E-state index in [1.807, 2.05) is 0 Å². The first-order valence-electron chi connectivity index (χ1n) is 12.2. The molecule has 3 rings (SSSR count). The Hall–Kier alpha value is -1.06. The number of hydrogen-bond acceptors (Lipinski definition) is 2. The highest BCUT2D eigenvalue weighted by atomic mass is 16.2. The van der Waals surface area contributed by atoms with Crippen LogP contribution < -0.4 is 10.6 Å². The van der Waals surface area contributed by atoms with Crippen molar-refractivity contribution in [3.05, 3.63) is 0 Å². The van der Waals surface area contributed by atoms with Crippen molar-refractivity contribution in [2.24, 2.45) is 23.7 Å². The zero-order chi connectivity index (χ0) is 19.9. The highest BCUT2D eigenvalue weighted by molar-refractivity contribution is 5.81. The first-order chi connectivity index (χ1) is 13.5. The second-order valence-electron chi connectivity index (χ2n) is 9.94. The summed E-state index contributed by atoms with van der Waals surface area (Å²) in [5, 5.41) is 6.60. The number of hydrogen-bond donors (Lipinski definition) is 2. The molecule has 0 heterocycles. The molecular weight excluding hydrogens is 348 g/mol. The monoisotopic (exact) mass is 390 g/mol. The molecule has 0 saturated heterocycles. The average Bonchev–Trinajstić information content (AvgIpc) is 2.75. The molecule has 2 amide bonds. The lowest BCUT2D eigenvalue weighted by Gasteiger charge is -2.33. The molecule has 2 N–H and O–H groups in total. The Bertz CT molecular complexity index is 455. The summed E-state index contributed by atoms with van der Waals surface area (Å²) in [5.74, 6) is 1.97. The van der Waals surface area contributed by atoms with Crippen LogP contribution in [0.3, 0.4) is 0 Å². The summed E-state index contributed by atoms with van der Waals surface area (Å²) in [6.45, 7) is 4.36. The maximum absolute atomic E-state index is 12.7. The molecule has 4 nitrogen and oxygen atoms in total. The molecule has 0 aromatic carbocycles. The van der Waals surface area contributed by atoms with E-state index in [0.717, 1.165) is 25.7 Å². The largest absolute Gasteiger partial charge is 0.353 e. The molecule has 0 bridgehead atoms. The molecule has 0 unspecified atom stereocenters. The van der Waals surface area contributed by atoms with Crippen molar-refractivity contribution in [3.8, 4) is 0 Å². The van der Waals surface area contributed by atoms with Crippen molar-refractivity contribution < 1.29 is 9.59 Å². The van der Waals surface area contributed by atoms with E-state index in [9.17, 15) is 9.59 Å². The fraction of sp³-hybridized carbons (Fsp3) is 0.917. The Morgan fingerprint density at radius 1 is 0.571 bits per heavy atom. The van der Waals surface area contributed by atoms with Crippen LogP contribution in [0, 0.1) is 23.7 Å². The highest BCUT2D eigenvalue weighted by Crippen LogP contribution is 2.32. The minimum Gasteiger partial charge on any atom is -0.353 e. The summed E-state index contributed by atoms with van der Waals surface area (Å²) < 4.78 is 0. The lowest BCUT2D eigenvalue weighted by atomic mass is 9.79. The standard InChI is InChI=1S/C24H42N2O2/c1-17(19-9-5-3-6-10-19)25-23(27)21-13-15-22(16-14-21)24(28)26-18(2)20-11-7-4-8-12-20/h17-22H,3-16H2,1-2H3,(H,25,27)(H,26,28)/t17-,18-,21?,22?/m0/s1. The van der Waals surface area contributed by atoms with Gasteiger partial charge in [0.1, 0.15) is 0 Å². The summed E-state index contributed by atoms with van der Waals surface area (Å²) in [7, 11) is 0. The number of nitrogens with one attached hydrogen (secondary N) is 2. The number of amides is 2. The maximum atomic E-state index is 12.7. The summed E-state index contributed by atoms with van der Waals surface area (Å²) >= 11 is 0. The van der Waals surface area contributed by atoms with Crippen LogP contribution in [0.1, 0.15) is 104 Å². The van der Waals surface area contributed by atoms with Gasteiger partial charge in [0, 0.05) is 23.9 Å². The molecule has 3 fully saturated rings. The van der Waals surface area contributed by atoms with Crippen molar-refractivity contribution in [2.75, 3.05) is 0 Å². The minimum atomic E-state index is 0.103. The molecule has 0 aliphatic heterocycles. The van der Waals surface area contributed by atoms with Crippen molar-refractivity contribution in [1.29, 1.82) is 0 Å². The molecule has 3 aliphatic rings. The van der Waals surface area contributed by atoms with Gasteiger partial charge in [-0.2, -0.15) is 0 Å². The first-order valence-corrected chi connectivity index (χ1v) is 12.2. The van der Waals surface area contributed by atoms with Gasteiger partial charge in [-0.15, -0.1) is 0 Å².